The molecule has 0 unspecified atom stereocenters. The molecule has 0 bridgehead atoms. The number of phenols is 1. The molecule has 0 fully saturated rings. The Morgan fingerprint density at radius 1 is 1.00 bits per heavy atom. The molecule has 1 aromatic carbocycles. The number of phenolic OH excluding ortho intramolecular Hbond substituents is 1. The van der Waals surface area contributed by atoms with Crippen molar-refractivity contribution in [3.63, 3.8) is 0 Å². The lowest BCUT2D eigenvalue weighted by atomic mass is 10.0. The summed E-state index contributed by atoms with van der Waals surface area (Å²) in [6, 6.07) is 6.45. The standard InChI is InChI=1S/C7H8O2.C5H12.C4H8O.C3H6O.C3H8/c8-5-6-1-3-7(9)4-2-6;1-5(2,3)4;1-3-4(2)5;1-3(2)4;1-3-2/h1-4,8-9H,5H2;1-4H3;3,5H,1-2H3;4H,1H2,2H3;3H2,1-2H3/b;;4-3+;;. The molecule has 1 aromatic rings. The molecule has 0 amide bonds. The SMILES string of the molecule is C/C=C(\C)O.C=C(C)O.CC(C)(C)C.CCC.OCc1ccc(O)cc1. The average Bonchev–Trinajstić information content (AvgIpc) is 2.47. The van der Waals surface area contributed by atoms with Gasteiger partial charge in [0.25, 0.3) is 0 Å². The van der Waals surface area contributed by atoms with Gasteiger partial charge in [-0.25, -0.2) is 0 Å². The van der Waals surface area contributed by atoms with E-state index in [9.17, 15) is 0 Å². The minimum absolute atomic E-state index is 0.0281. The number of hydrogen-bond donors (Lipinski definition) is 4. The van der Waals surface area contributed by atoms with Crippen LogP contribution in [0.3, 0.4) is 0 Å². The molecule has 0 saturated heterocycles. The zero-order valence-corrected chi connectivity index (χ0v) is 18.3. The summed E-state index contributed by atoms with van der Waals surface area (Å²) in [5.41, 5.74) is 1.31. The molecule has 0 spiro atoms. The van der Waals surface area contributed by atoms with Crippen LogP contribution < -0.4 is 0 Å². The maximum absolute atomic E-state index is 8.77. The molecule has 0 aliphatic heterocycles. The summed E-state index contributed by atoms with van der Waals surface area (Å²) in [7, 11) is 0. The molecule has 0 aliphatic carbocycles. The number of aliphatic hydroxyl groups is 3. The van der Waals surface area contributed by atoms with Crippen molar-refractivity contribution in [2.75, 3.05) is 0 Å². The van der Waals surface area contributed by atoms with Gasteiger partial charge >= 0.3 is 0 Å². The van der Waals surface area contributed by atoms with Crippen molar-refractivity contribution in [3.8, 4) is 5.75 Å². The molecule has 4 N–H and O–H groups in total. The Morgan fingerprint density at radius 3 is 1.38 bits per heavy atom. The van der Waals surface area contributed by atoms with E-state index in [1.807, 2.05) is 0 Å². The predicted molar refractivity (Wildman–Crippen MR) is 115 cm³/mol. The summed E-state index contributed by atoms with van der Waals surface area (Å²) in [6.45, 7) is 21.1. The summed E-state index contributed by atoms with van der Waals surface area (Å²) in [6.07, 6.45) is 2.89. The van der Waals surface area contributed by atoms with E-state index in [0.29, 0.717) is 11.2 Å². The highest BCUT2D eigenvalue weighted by Crippen LogP contribution is 2.08. The molecule has 0 atom stereocenters. The molecule has 0 radical (unpaired) electrons. The van der Waals surface area contributed by atoms with E-state index >= 15 is 0 Å². The number of rotatable bonds is 1. The van der Waals surface area contributed by atoms with Gasteiger partial charge in [-0.05, 0) is 43.9 Å². The van der Waals surface area contributed by atoms with Gasteiger partial charge in [0.05, 0.1) is 18.1 Å². The van der Waals surface area contributed by atoms with Crippen molar-refractivity contribution in [2.24, 2.45) is 5.41 Å². The predicted octanol–water partition coefficient (Wildman–Crippen LogP) is 6.90. The molecule has 0 aromatic heterocycles. The first kappa shape index (κ1) is 31.8. The summed E-state index contributed by atoms with van der Waals surface area (Å²) in [4.78, 5) is 0. The third kappa shape index (κ3) is 67.3. The van der Waals surface area contributed by atoms with Gasteiger partial charge in [0.15, 0.2) is 0 Å². The molecule has 154 valence electrons. The van der Waals surface area contributed by atoms with Crippen LogP contribution in [0.25, 0.3) is 0 Å². The Labute approximate surface area is 161 Å². The monoisotopic (exact) mass is 370 g/mol. The minimum atomic E-state index is 0.0281. The van der Waals surface area contributed by atoms with Gasteiger partial charge in [-0.15, -0.1) is 0 Å². The smallest absolute Gasteiger partial charge is 0.115 e. The number of allylic oxidation sites excluding steroid dienone is 3. The van der Waals surface area contributed by atoms with Crippen LogP contribution in [0.15, 0.2) is 48.4 Å². The van der Waals surface area contributed by atoms with Crippen molar-refractivity contribution in [3.05, 3.63) is 54.0 Å². The van der Waals surface area contributed by atoms with Gasteiger partial charge < -0.3 is 20.4 Å². The first-order valence-electron chi connectivity index (χ1n) is 8.80. The van der Waals surface area contributed by atoms with Crippen LogP contribution in [-0.4, -0.2) is 20.4 Å². The Morgan fingerprint density at radius 2 is 1.23 bits per heavy atom. The zero-order valence-electron chi connectivity index (χ0n) is 18.3. The normalized spacial score (nSPS) is 9.54. The van der Waals surface area contributed by atoms with Crippen molar-refractivity contribution < 1.29 is 20.4 Å². The number of aromatic hydroxyl groups is 1. The molecule has 0 aliphatic rings. The van der Waals surface area contributed by atoms with Crippen LogP contribution in [0.4, 0.5) is 0 Å². The Bertz CT molecular complexity index is 426. The van der Waals surface area contributed by atoms with Gasteiger partial charge in [0.1, 0.15) is 5.75 Å². The lowest BCUT2D eigenvalue weighted by molar-refractivity contribution is 0.281. The summed E-state index contributed by atoms with van der Waals surface area (Å²) in [5.74, 6) is 0.775. The largest absolute Gasteiger partial charge is 0.513 e. The van der Waals surface area contributed by atoms with Gasteiger partial charge in [-0.1, -0.05) is 72.8 Å². The zero-order chi connectivity index (χ0) is 21.8. The van der Waals surface area contributed by atoms with Crippen LogP contribution in [0, 0.1) is 5.41 Å². The van der Waals surface area contributed by atoms with Crippen molar-refractivity contribution in [1.29, 1.82) is 0 Å². The molecule has 1 rings (SSSR count). The highest BCUT2D eigenvalue weighted by Gasteiger charge is 1.95. The van der Waals surface area contributed by atoms with Gasteiger partial charge in [-0.3, -0.25) is 0 Å². The van der Waals surface area contributed by atoms with Crippen LogP contribution in [0.1, 0.15) is 74.3 Å². The Hall–Kier alpha value is -1.94. The summed E-state index contributed by atoms with van der Waals surface area (Å²) >= 11 is 0. The fourth-order valence-electron chi connectivity index (χ4n) is 0.601. The van der Waals surface area contributed by atoms with E-state index < -0.39 is 0 Å². The van der Waals surface area contributed by atoms with Crippen LogP contribution >= 0.6 is 0 Å². The van der Waals surface area contributed by atoms with E-state index in [1.54, 1.807) is 44.2 Å². The highest BCUT2D eigenvalue weighted by molar-refractivity contribution is 5.25. The second-order valence-corrected chi connectivity index (χ2v) is 7.20. The second kappa shape index (κ2) is 21.1. The lowest BCUT2D eigenvalue weighted by Gasteiger charge is -2.05. The third-order valence-electron chi connectivity index (χ3n) is 1.54. The average molecular weight is 371 g/mol. The van der Waals surface area contributed by atoms with Gasteiger partial charge in [0, 0.05) is 0 Å². The summed E-state index contributed by atoms with van der Waals surface area (Å²) < 4.78 is 0. The molecular weight excluding hydrogens is 328 g/mol. The first-order valence-corrected chi connectivity index (χ1v) is 8.80. The summed E-state index contributed by atoms with van der Waals surface area (Å²) in [5, 5.41) is 33.4. The van der Waals surface area contributed by atoms with Crippen molar-refractivity contribution in [2.45, 2.75) is 75.3 Å². The molecule has 26 heavy (non-hydrogen) atoms. The van der Waals surface area contributed by atoms with E-state index in [1.165, 1.54) is 13.3 Å². The van der Waals surface area contributed by atoms with E-state index in [4.69, 9.17) is 20.4 Å². The first-order chi connectivity index (χ1) is 11.7. The topological polar surface area (TPSA) is 80.9 Å². The number of aliphatic hydroxyl groups excluding tert-OH is 3. The Kier molecular flexibility index (Phi) is 25.8. The molecule has 0 saturated carbocycles. The lowest BCUT2D eigenvalue weighted by Crippen LogP contribution is -1.93. The highest BCUT2D eigenvalue weighted by atomic mass is 16.3. The minimum Gasteiger partial charge on any atom is -0.513 e. The van der Waals surface area contributed by atoms with Crippen LogP contribution in [-0.2, 0) is 6.61 Å². The van der Waals surface area contributed by atoms with Crippen LogP contribution in [0.2, 0.25) is 0 Å². The van der Waals surface area contributed by atoms with E-state index in [2.05, 4.69) is 48.1 Å². The fourth-order valence-corrected chi connectivity index (χ4v) is 0.601. The van der Waals surface area contributed by atoms with Gasteiger partial charge in [-0.2, -0.15) is 0 Å². The van der Waals surface area contributed by atoms with Gasteiger partial charge in [0.2, 0.25) is 0 Å². The number of benzene rings is 1. The maximum Gasteiger partial charge on any atom is 0.115 e. The number of hydrogen-bond acceptors (Lipinski definition) is 4. The molecule has 4 heteroatoms. The van der Waals surface area contributed by atoms with Crippen molar-refractivity contribution >= 4 is 0 Å². The fraction of sp³-hybridized carbons (Fsp3) is 0.545. The quantitative estimate of drug-likeness (QED) is 0.405. The molecule has 0 heterocycles. The maximum atomic E-state index is 8.77. The van der Waals surface area contributed by atoms with E-state index in [0.717, 1.165) is 5.56 Å². The second-order valence-electron chi connectivity index (χ2n) is 7.20. The molecular formula is C22H42O4. The van der Waals surface area contributed by atoms with E-state index in [-0.39, 0.29) is 18.1 Å². The van der Waals surface area contributed by atoms with Crippen molar-refractivity contribution in [1.82, 2.24) is 0 Å². The Balaban J connectivity index is -0.000000125. The van der Waals surface area contributed by atoms with Crippen LogP contribution in [0.5, 0.6) is 5.75 Å². The molecule has 4 nitrogen and oxygen atoms in total. The third-order valence-corrected chi connectivity index (χ3v) is 1.54.